The molecule has 4 atom stereocenters. The molecule has 13 heavy (non-hydrogen) atoms. The second-order valence-electron chi connectivity index (χ2n) is 5.27. The van der Waals surface area contributed by atoms with E-state index in [2.05, 4.69) is 6.92 Å². The Balaban J connectivity index is 1.85. The largest absolute Gasteiger partial charge is 0.330 e. The third kappa shape index (κ3) is 1.90. The van der Waals surface area contributed by atoms with E-state index in [0.717, 1.165) is 30.2 Å². The van der Waals surface area contributed by atoms with Crippen LogP contribution >= 0.6 is 0 Å². The Labute approximate surface area is 82.1 Å². The van der Waals surface area contributed by atoms with E-state index in [1.165, 1.54) is 38.5 Å². The predicted molar refractivity (Wildman–Crippen MR) is 56.4 cm³/mol. The van der Waals surface area contributed by atoms with Crippen molar-refractivity contribution in [3.05, 3.63) is 0 Å². The zero-order valence-corrected chi connectivity index (χ0v) is 8.84. The topological polar surface area (TPSA) is 26.0 Å². The number of hydrogen-bond donors (Lipinski definition) is 1. The summed E-state index contributed by atoms with van der Waals surface area (Å²) in [6, 6.07) is 0. The molecule has 0 amide bonds. The Hall–Kier alpha value is -0.0400. The molecule has 0 heterocycles. The molecule has 2 saturated carbocycles. The smallest absolute Gasteiger partial charge is 0.00461 e. The summed E-state index contributed by atoms with van der Waals surface area (Å²) in [6.45, 7) is 3.36. The van der Waals surface area contributed by atoms with Gasteiger partial charge in [0, 0.05) is 0 Å². The van der Waals surface area contributed by atoms with Crippen LogP contribution in [0.3, 0.4) is 0 Å². The summed E-state index contributed by atoms with van der Waals surface area (Å²) in [5.74, 6) is 3.91. The van der Waals surface area contributed by atoms with Crippen LogP contribution in [0.5, 0.6) is 0 Å². The first-order valence-electron chi connectivity index (χ1n) is 6.01. The summed E-state index contributed by atoms with van der Waals surface area (Å²) in [6.07, 6.45) is 8.80. The maximum atomic E-state index is 5.77. The minimum absolute atomic E-state index is 0.885. The van der Waals surface area contributed by atoms with Crippen molar-refractivity contribution >= 4 is 0 Å². The highest BCUT2D eigenvalue weighted by molar-refractivity contribution is 4.88. The lowest BCUT2D eigenvalue weighted by Gasteiger charge is -2.44. The molecule has 1 heteroatoms. The maximum absolute atomic E-state index is 5.77. The van der Waals surface area contributed by atoms with E-state index in [9.17, 15) is 0 Å². The molecule has 2 fully saturated rings. The molecule has 0 aromatic carbocycles. The van der Waals surface area contributed by atoms with Crippen molar-refractivity contribution < 1.29 is 0 Å². The first-order chi connectivity index (χ1) is 6.31. The predicted octanol–water partition coefficient (Wildman–Crippen LogP) is 2.80. The normalized spacial score (nSPS) is 45.7. The molecular weight excluding hydrogens is 158 g/mol. The van der Waals surface area contributed by atoms with Gasteiger partial charge in [0.05, 0.1) is 0 Å². The first kappa shape index (κ1) is 9.51. The average Bonchev–Trinajstić information content (AvgIpc) is 2.03. The third-order valence-electron chi connectivity index (χ3n) is 4.36. The highest BCUT2D eigenvalue weighted by Crippen LogP contribution is 2.45. The molecule has 2 rings (SSSR count). The monoisotopic (exact) mass is 181 g/mol. The lowest BCUT2D eigenvalue weighted by Crippen LogP contribution is -2.38. The molecule has 0 saturated heterocycles. The van der Waals surface area contributed by atoms with Crippen LogP contribution in [-0.4, -0.2) is 6.54 Å². The van der Waals surface area contributed by atoms with Crippen molar-refractivity contribution in [3.63, 3.8) is 0 Å². The van der Waals surface area contributed by atoms with E-state index in [1.54, 1.807) is 0 Å². The molecule has 2 aliphatic rings. The fourth-order valence-electron chi connectivity index (χ4n) is 3.38. The summed E-state index contributed by atoms with van der Waals surface area (Å²) in [7, 11) is 0. The van der Waals surface area contributed by atoms with Gasteiger partial charge in [0.2, 0.25) is 0 Å². The molecule has 76 valence electrons. The van der Waals surface area contributed by atoms with Gasteiger partial charge < -0.3 is 5.73 Å². The molecule has 4 unspecified atom stereocenters. The Morgan fingerprint density at radius 2 is 2.00 bits per heavy atom. The minimum atomic E-state index is 0.885. The van der Waals surface area contributed by atoms with Gasteiger partial charge in [0.25, 0.3) is 0 Å². The summed E-state index contributed by atoms with van der Waals surface area (Å²) in [5, 5.41) is 0. The van der Waals surface area contributed by atoms with Gasteiger partial charge in [0.15, 0.2) is 0 Å². The van der Waals surface area contributed by atoms with Crippen molar-refractivity contribution in [2.75, 3.05) is 6.54 Å². The summed E-state index contributed by atoms with van der Waals surface area (Å²) in [5.41, 5.74) is 5.77. The van der Waals surface area contributed by atoms with E-state index in [1.807, 2.05) is 0 Å². The molecule has 0 radical (unpaired) electrons. The van der Waals surface area contributed by atoms with Gasteiger partial charge in [-0.2, -0.15) is 0 Å². The lowest BCUT2D eigenvalue weighted by atomic mass is 9.62. The Morgan fingerprint density at radius 3 is 2.54 bits per heavy atom. The van der Waals surface area contributed by atoms with Crippen LogP contribution in [0, 0.1) is 23.7 Å². The molecule has 2 N–H and O–H groups in total. The molecule has 0 spiro atoms. The van der Waals surface area contributed by atoms with Gasteiger partial charge in [0.1, 0.15) is 0 Å². The first-order valence-corrected chi connectivity index (χ1v) is 6.01. The van der Waals surface area contributed by atoms with E-state index >= 15 is 0 Å². The summed E-state index contributed by atoms with van der Waals surface area (Å²) < 4.78 is 0. The molecular formula is C12H23N. The van der Waals surface area contributed by atoms with Crippen LogP contribution in [0.2, 0.25) is 0 Å². The fourth-order valence-corrected chi connectivity index (χ4v) is 3.38. The van der Waals surface area contributed by atoms with Gasteiger partial charge in [-0.15, -0.1) is 0 Å². The number of nitrogens with two attached hydrogens (primary N) is 1. The van der Waals surface area contributed by atoms with Gasteiger partial charge in [-0.1, -0.05) is 26.2 Å². The van der Waals surface area contributed by atoms with Crippen LogP contribution in [0.4, 0.5) is 0 Å². The SMILES string of the molecule is CC1CCCC(C2CCC2CN)C1. The zero-order valence-electron chi connectivity index (χ0n) is 8.84. The fraction of sp³-hybridized carbons (Fsp3) is 1.00. The van der Waals surface area contributed by atoms with Gasteiger partial charge in [-0.25, -0.2) is 0 Å². The molecule has 0 aromatic rings. The quantitative estimate of drug-likeness (QED) is 0.696. The second-order valence-corrected chi connectivity index (χ2v) is 5.27. The number of rotatable bonds is 2. The minimum Gasteiger partial charge on any atom is -0.330 e. The third-order valence-corrected chi connectivity index (χ3v) is 4.36. The van der Waals surface area contributed by atoms with Gasteiger partial charge in [-0.05, 0) is 49.5 Å². The highest BCUT2D eigenvalue weighted by atomic mass is 14.6. The summed E-state index contributed by atoms with van der Waals surface area (Å²) in [4.78, 5) is 0. The van der Waals surface area contributed by atoms with Crippen molar-refractivity contribution in [1.82, 2.24) is 0 Å². The van der Waals surface area contributed by atoms with Crippen LogP contribution in [0.15, 0.2) is 0 Å². The van der Waals surface area contributed by atoms with Crippen LogP contribution < -0.4 is 5.73 Å². The maximum Gasteiger partial charge on any atom is -0.00461 e. The standard InChI is InChI=1S/C12H23N/c1-9-3-2-4-10(7-9)12-6-5-11(12)8-13/h9-12H,2-8,13H2,1H3. The Bertz CT molecular complexity index is 165. The van der Waals surface area contributed by atoms with Crippen molar-refractivity contribution in [2.24, 2.45) is 29.4 Å². The molecule has 2 aliphatic carbocycles. The Kier molecular flexibility index (Phi) is 2.92. The second kappa shape index (κ2) is 4.00. The van der Waals surface area contributed by atoms with E-state index in [4.69, 9.17) is 5.73 Å². The van der Waals surface area contributed by atoms with Crippen LogP contribution in [0.25, 0.3) is 0 Å². The van der Waals surface area contributed by atoms with E-state index < -0.39 is 0 Å². The molecule has 0 bridgehead atoms. The van der Waals surface area contributed by atoms with E-state index in [-0.39, 0.29) is 0 Å². The van der Waals surface area contributed by atoms with Crippen molar-refractivity contribution in [1.29, 1.82) is 0 Å². The molecule has 0 aromatic heterocycles. The van der Waals surface area contributed by atoms with Crippen LogP contribution in [0.1, 0.15) is 45.4 Å². The van der Waals surface area contributed by atoms with Crippen molar-refractivity contribution in [3.8, 4) is 0 Å². The van der Waals surface area contributed by atoms with Gasteiger partial charge in [-0.3, -0.25) is 0 Å². The van der Waals surface area contributed by atoms with Crippen molar-refractivity contribution in [2.45, 2.75) is 45.4 Å². The van der Waals surface area contributed by atoms with Gasteiger partial charge >= 0.3 is 0 Å². The molecule has 0 aliphatic heterocycles. The molecule has 1 nitrogen and oxygen atoms in total. The van der Waals surface area contributed by atoms with Crippen LogP contribution in [-0.2, 0) is 0 Å². The number of hydrogen-bond acceptors (Lipinski definition) is 1. The highest BCUT2D eigenvalue weighted by Gasteiger charge is 2.37. The van der Waals surface area contributed by atoms with E-state index in [0.29, 0.717) is 0 Å². The zero-order chi connectivity index (χ0) is 9.26. The summed E-state index contributed by atoms with van der Waals surface area (Å²) >= 11 is 0. The average molecular weight is 181 g/mol. The Morgan fingerprint density at radius 1 is 1.15 bits per heavy atom. The lowest BCUT2D eigenvalue weighted by molar-refractivity contribution is 0.0710.